The molecule has 1 aromatic carbocycles. The van der Waals surface area contributed by atoms with Gasteiger partial charge in [0.1, 0.15) is 13.2 Å². The number of nitrogens with one attached hydrogen (secondary N) is 1. The van der Waals surface area contributed by atoms with Crippen molar-refractivity contribution in [1.82, 2.24) is 10.2 Å². The van der Waals surface area contributed by atoms with Crippen LogP contribution in [0.2, 0.25) is 0 Å². The van der Waals surface area contributed by atoms with Crippen molar-refractivity contribution in [1.29, 1.82) is 0 Å². The highest BCUT2D eigenvalue weighted by molar-refractivity contribution is 5.79. The molecule has 0 aliphatic carbocycles. The van der Waals surface area contributed by atoms with E-state index in [0.717, 1.165) is 49.0 Å². The molecule has 1 fully saturated rings. The average Bonchev–Trinajstić information content (AvgIpc) is 2.63. The van der Waals surface area contributed by atoms with Gasteiger partial charge < -0.3 is 19.7 Å². The molecule has 1 unspecified atom stereocenters. The number of piperidine rings is 1. The largest absolute Gasteiger partial charge is 0.486 e. The normalized spacial score (nSPS) is 19.4. The van der Waals surface area contributed by atoms with E-state index < -0.39 is 0 Å². The van der Waals surface area contributed by atoms with Crippen molar-refractivity contribution >= 4 is 5.91 Å². The molecule has 1 aromatic rings. The van der Waals surface area contributed by atoms with Crippen LogP contribution in [-0.4, -0.2) is 49.7 Å². The van der Waals surface area contributed by atoms with Crippen LogP contribution in [0.15, 0.2) is 18.2 Å². The van der Waals surface area contributed by atoms with Gasteiger partial charge >= 0.3 is 0 Å². The Morgan fingerprint density at radius 3 is 2.68 bits per heavy atom. The molecule has 1 saturated heterocycles. The molecule has 3 rings (SSSR count). The number of fused-ring (bicyclic) bond motifs is 1. The summed E-state index contributed by atoms with van der Waals surface area (Å²) in [4.78, 5) is 14.9. The molecule has 5 nitrogen and oxygen atoms in total. The van der Waals surface area contributed by atoms with Crippen molar-refractivity contribution in [2.75, 3.05) is 32.8 Å². The molecule has 0 spiro atoms. The summed E-state index contributed by atoms with van der Waals surface area (Å²) >= 11 is 0. The smallest absolute Gasteiger partial charge is 0.224 e. The third kappa shape index (κ3) is 5.11. The van der Waals surface area contributed by atoms with Gasteiger partial charge in [-0.15, -0.1) is 0 Å². The molecule has 5 heteroatoms. The van der Waals surface area contributed by atoms with Crippen LogP contribution in [0.1, 0.15) is 38.7 Å². The summed E-state index contributed by atoms with van der Waals surface area (Å²) in [5.41, 5.74) is 0.961. The first-order valence-electron chi connectivity index (χ1n) is 9.54. The zero-order valence-electron chi connectivity index (χ0n) is 15.4. The molecular weight excluding hydrogens is 316 g/mol. The van der Waals surface area contributed by atoms with E-state index in [0.29, 0.717) is 19.6 Å². The molecule has 2 heterocycles. The van der Waals surface area contributed by atoms with E-state index in [9.17, 15) is 4.79 Å². The zero-order valence-corrected chi connectivity index (χ0v) is 15.4. The number of carbonyl (C=O) groups is 1. The molecule has 2 aliphatic heterocycles. The molecule has 138 valence electrons. The molecule has 1 atom stereocenters. The van der Waals surface area contributed by atoms with Crippen LogP contribution in [0.5, 0.6) is 11.5 Å². The molecule has 1 amide bonds. The number of hydrogen-bond acceptors (Lipinski definition) is 4. The number of nitrogens with zero attached hydrogens (tertiary/aromatic N) is 1. The Bertz CT molecular complexity index is 582. The maximum atomic E-state index is 12.4. The lowest BCUT2D eigenvalue weighted by atomic mass is 9.98. The fourth-order valence-electron chi connectivity index (χ4n) is 3.49. The van der Waals surface area contributed by atoms with E-state index in [4.69, 9.17) is 9.47 Å². The van der Waals surface area contributed by atoms with Crippen LogP contribution in [0, 0.1) is 5.92 Å². The quantitative estimate of drug-likeness (QED) is 0.860. The number of likely N-dealkylation sites (tertiary alicyclic amines) is 1. The Morgan fingerprint density at radius 1 is 1.24 bits per heavy atom. The number of benzene rings is 1. The number of carbonyl (C=O) groups excluding carboxylic acids is 1. The average molecular weight is 346 g/mol. The SMILES string of the molecule is CCC(CN1CCC(C)CC1)NC(=O)Cc1ccc2c(c1)OCCO2. The lowest BCUT2D eigenvalue weighted by Gasteiger charge is -2.33. The van der Waals surface area contributed by atoms with Crippen LogP contribution in [0.3, 0.4) is 0 Å². The van der Waals surface area contributed by atoms with Crippen molar-refractivity contribution in [3.63, 3.8) is 0 Å². The van der Waals surface area contributed by atoms with E-state index in [-0.39, 0.29) is 11.9 Å². The van der Waals surface area contributed by atoms with Gasteiger partial charge in [-0.25, -0.2) is 0 Å². The molecule has 25 heavy (non-hydrogen) atoms. The fraction of sp³-hybridized carbons (Fsp3) is 0.650. The highest BCUT2D eigenvalue weighted by Crippen LogP contribution is 2.30. The van der Waals surface area contributed by atoms with Crippen molar-refractivity contribution in [3.8, 4) is 11.5 Å². The number of ether oxygens (including phenoxy) is 2. The van der Waals surface area contributed by atoms with Gasteiger partial charge in [0.2, 0.25) is 5.91 Å². The van der Waals surface area contributed by atoms with Crippen molar-refractivity contribution in [2.24, 2.45) is 5.92 Å². The third-order valence-corrected chi connectivity index (χ3v) is 5.18. The van der Waals surface area contributed by atoms with Gasteiger partial charge in [0.15, 0.2) is 11.5 Å². The minimum Gasteiger partial charge on any atom is -0.486 e. The second kappa shape index (κ2) is 8.56. The summed E-state index contributed by atoms with van der Waals surface area (Å²) in [5.74, 6) is 2.42. The molecule has 1 N–H and O–H groups in total. The highest BCUT2D eigenvalue weighted by atomic mass is 16.6. The minimum absolute atomic E-state index is 0.0777. The summed E-state index contributed by atoms with van der Waals surface area (Å²) in [6.45, 7) is 8.86. The molecule has 0 radical (unpaired) electrons. The number of rotatable bonds is 6. The maximum absolute atomic E-state index is 12.4. The summed E-state index contributed by atoms with van der Waals surface area (Å²) in [7, 11) is 0. The minimum atomic E-state index is 0.0777. The van der Waals surface area contributed by atoms with Crippen molar-refractivity contribution < 1.29 is 14.3 Å². The van der Waals surface area contributed by atoms with E-state index in [1.54, 1.807) is 0 Å². The van der Waals surface area contributed by atoms with Crippen LogP contribution in [0.25, 0.3) is 0 Å². The zero-order chi connectivity index (χ0) is 17.6. The van der Waals surface area contributed by atoms with Gasteiger partial charge in [0, 0.05) is 12.6 Å². The van der Waals surface area contributed by atoms with Crippen LogP contribution in [0.4, 0.5) is 0 Å². The maximum Gasteiger partial charge on any atom is 0.224 e. The first-order chi connectivity index (χ1) is 12.1. The Morgan fingerprint density at radius 2 is 1.96 bits per heavy atom. The van der Waals surface area contributed by atoms with E-state index in [2.05, 4.69) is 24.1 Å². The number of amides is 1. The molecule has 0 saturated carbocycles. The lowest BCUT2D eigenvalue weighted by Crippen LogP contribution is -2.46. The van der Waals surface area contributed by atoms with Gasteiger partial charge in [0.25, 0.3) is 0 Å². The Balaban J connectivity index is 1.50. The van der Waals surface area contributed by atoms with Gasteiger partial charge in [-0.2, -0.15) is 0 Å². The number of hydrogen-bond donors (Lipinski definition) is 1. The van der Waals surface area contributed by atoms with Gasteiger partial charge in [-0.05, 0) is 56.0 Å². The standard InChI is InChI=1S/C20H30N2O3/c1-3-17(14-22-8-6-15(2)7-9-22)21-20(23)13-16-4-5-18-19(12-16)25-11-10-24-18/h4-5,12,15,17H,3,6-11,13-14H2,1-2H3,(H,21,23). The summed E-state index contributed by atoms with van der Waals surface area (Å²) in [5, 5.41) is 3.20. The first-order valence-corrected chi connectivity index (χ1v) is 9.54. The molecular formula is C20H30N2O3. The van der Waals surface area contributed by atoms with Crippen LogP contribution in [-0.2, 0) is 11.2 Å². The fourth-order valence-corrected chi connectivity index (χ4v) is 3.49. The summed E-state index contributed by atoms with van der Waals surface area (Å²) in [6, 6.07) is 5.97. The van der Waals surface area contributed by atoms with Crippen molar-refractivity contribution in [3.05, 3.63) is 23.8 Å². The van der Waals surface area contributed by atoms with Gasteiger partial charge in [-0.3, -0.25) is 4.79 Å². The van der Waals surface area contributed by atoms with E-state index in [1.165, 1.54) is 12.8 Å². The predicted molar refractivity (Wildman–Crippen MR) is 98.2 cm³/mol. The van der Waals surface area contributed by atoms with Gasteiger partial charge in [0.05, 0.1) is 6.42 Å². The van der Waals surface area contributed by atoms with Crippen LogP contribution >= 0.6 is 0 Å². The van der Waals surface area contributed by atoms with E-state index in [1.807, 2.05) is 18.2 Å². The summed E-state index contributed by atoms with van der Waals surface area (Å²) < 4.78 is 11.1. The highest BCUT2D eigenvalue weighted by Gasteiger charge is 2.20. The third-order valence-electron chi connectivity index (χ3n) is 5.18. The molecule has 0 bridgehead atoms. The second-order valence-corrected chi connectivity index (χ2v) is 7.31. The molecule has 0 aromatic heterocycles. The van der Waals surface area contributed by atoms with Crippen LogP contribution < -0.4 is 14.8 Å². The topological polar surface area (TPSA) is 50.8 Å². The van der Waals surface area contributed by atoms with Gasteiger partial charge in [-0.1, -0.05) is 19.9 Å². The van der Waals surface area contributed by atoms with Crippen molar-refractivity contribution in [2.45, 2.75) is 45.6 Å². The lowest BCUT2D eigenvalue weighted by molar-refractivity contribution is -0.121. The predicted octanol–water partition coefficient (Wildman–Crippen LogP) is 2.63. The second-order valence-electron chi connectivity index (χ2n) is 7.31. The Labute approximate surface area is 150 Å². The monoisotopic (exact) mass is 346 g/mol. The molecule has 2 aliphatic rings. The Kier molecular flexibility index (Phi) is 6.19. The van der Waals surface area contributed by atoms with E-state index >= 15 is 0 Å². The first kappa shape index (κ1) is 18.1. The Hall–Kier alpha value is -1.75. The summed E-state index contributed by atoms with van der Waals surface area (Å²) in [6.07, 6.45) is 3.87.